The maximum Gasteiger partial charge on any atom is 0.123 e. The predicted octanol–water partition coefficient (Wildman–Crippen LogP) is 3.75. The molecular formula is C19H20FN3. The minimum Gasteiger partial charge on any atom is -0.302 e. The van der Waals surface area contributed by atoms with Gasteiger partial charge in [-0.25, -0.2) is 4.39 Å². The molecule has 3 rings (SSSR count). The van der Waals surface area contributed by atoms with Crippen LogP contribution in [0.15, 0.2) is 60.8 Å². The van der Waals surface area contributed by atoms with Gasteiger partial charge in [0.2, 0.25) is 0 Å². The van der Waals surface area contributed by atoms with Gasteiger partial charge in [-0.3, -0.25) is 4.68 Å². The first-order valence-electron chi connectivity index (χ1n) is 7.66. The van der Waals surface area contributed by atoms with E-state index < -0.39 is 0 Å². The lowest BCUT2D eigenvalue weighted by atomic mass is 9.98. The minimum absolute atomic E-state index is 0.0106. The standard InChI is InChI=1S/C19H20FN3/c1-14-17(13-22-23(14)2)12-21-19(15-6-4-3-5-7-15)16-8-10-18(20)11-9-16/h3-11,13,19,21H,12H2,1-2H3/t19-/m1/s1. The van der Waals surface area contributed by atoms with Crippen LogP contribution in [0, 0.1) is 12.7 Å². The van der Waals surface area contributed by atoms with E-state index in [9.17, 15) is 4.39 Å². The zero-order valence-electron chi connectivity index (χ0n) is 13.3. The zero-order valence-corrected chi connectivity index (χ0v) is 13.3. The van der Waals surface area contributed by atoms with Crippen molar-refractivity contribution in [3.8, 4) is 0 Å². The predicted molar refractivity (Wildman–Crippen MR) is 89.5 cm³/mol. The van der Waals surface area contributed by atoms with E-state index in [0.717, 1.165) is 22.4 Å². The van der Waals surface area contributed by atoms with Crippen molar-refractivity contribution in [3.63, 3.8) is 0 Å². The van der Waals surface area contributed by atoms with Crippen molar-refractivity contribution in [1.82, 2.24) is 15.1 Å². The molecule has 23 heavy (non-hydrogen) atoms. The van der Waals surface area contributed by atoms with Gasteiger partial charge in [0.1, 0.15) is 5.82 Å². The Hall–Kier alpha value is -2.46. The van der Waals surface area contributed by atoms with Gasteiger partial charge in [0.25, 0.3) is 0 Å². The molecule has 3 aromatic rings. The Bertz CT molecular complexity index is 763. The summed E-state index contributed by atoms with van der Waals surface area (Å²) in [5, 5.41) is 7.84. The number of aryl methyl sites for hydroxylation is 1. The third-order valence-corrected chi connectivity index (χ3v) is 4.17. The molecule has 0 aliphatic rings. The van der Waals surface area contributed by atoms with Crippen LogP contribution < -0.4 is 5.32 Å². The largest absolute Gasteiger partial charge is 0.302 e. The smallest absolute Gasteiger partial charge is 0.123 e. The highest BCUT2D eigenvalue weighted by Crippen LogP contribution is 2.23. The zero-order chi connectivity index (χ0) is 16.2. The first-order chi connectivity index (χ1) is 11.1. The van der Waals surface area contributed by atoms with Gasteiger partial charge in [-0.1, -0.05) is 42.5 Å². The van der Waals surface area contributed by atoms with Gasteiger partial charge in [0.05, 0.1) is 12.2 Å². The summed E-state index contributed by atoms with van der Waals surface area (Å²) in [4.78, 5) is 0. The molecule has 0 aliphatic heterocycles. The second kappa shape index (κ2) is 6.75. The number of rotatable bonds is 5. The van der Waals surface area contributed by atoms with Crippen molar-refractivity contribution >= 4 is 0 Å². The van der Waals surface area contributed by atoms with E-state index in [1.807, 2.05) is 48.3 Å². The Morgan fingerprint density at radius 2 is 1.70 bits per heavy atom. The Morgan fingerprint density at radius 3 is 2.30 bits per heavy atom. The number of nitrogens with zero attached hydrogens (tertiary/aromatic N) is 2. The molecule has 3 nitrogen and oxygen atoms in total. The number of aromatic nitrogens is 2. The average Bonchev–Trinajstić information content (AvgIpc) is 2.90. The molecule has 118 valence electrons. The van der Waals surface area contributed by atoms with Gasteiger partial charge >= 0.3 is 0 Å². The van der Waals surface area contributed by atoms with E-state index in [1.165, 1.54) is 12.1 Å². The maximum atomic E-state index is 13.2. The van der Waals surface area contributed by atoms with Gasteiger partial charge in [0, 0.05) is 24.8 Å². The number of nitrogens with one attached hydrogen (secondary N) is 1. The molecular weight excluding hydrogens is 289 g/mol. The van der Waals surface area contributed by atoms with Crippen LogP contribution in [0.25, 0.3) is 0 Å². The lowest BCUT2D eigenvalue weighted by Crippen LogP contribution is -2.22. The van der Waals surface area contributed by atoms with E-state index in [4.69, 9.17) is 0 Å². The molecule has 0 spiro atoms. The summed E-state index contributed by atoms with van der Waals surface area (Å²) in [6.45, 7) is 2.76. The summed E-state index contributed by atoms with van der Waals surface area (Å²) >= 11 is 0. The first kappa shape index (κ1) is 15.4. The van der Waals surface area contributed by atoms with Gasteiger partial charge in [-0.15, -0.1) is 0 Å². The third-order valence-electron chi connectivity index (χ3n) is 4.17. The van der Waals surface area contributed by atoms with Crippen LogP contribution in [0.5, 0.6) is 0 Å². The molecule has 0 aliphatic carbocycles. The Labute approximate surface area is 135 Å². The van der Waals surface area contributed by atoms with E-state index in [1.54, 1.807) is 0 Å². The lowest BCUT2D eigenvalue weighted by Gasteiger charge is -2.20. The molecule has 0 fully saturated rings. The van der Waals surface area contributed by atoms with Crippen molar-refractivity contribution < 1.29 is 4.39 Å². The summed E-state index contributed by atoms with van der Waals surface area (Å²) in [5.74, 6) is -0.219. The Morgan fingerprint density at radius 1 is 1.04 bits per heavy atom. The topological polar surface area (TPSA) is 29.9 Å². The summed E-state index contributed by atoms with van der Waals surface area (Å²) in [5.41, 5.74) is 4.50. The van der Waals surface area contributed by atoms with Gasteiger partial charge in [-0.2, -0.15) is 5.10 Å². The second-order valence-corrected chi connectivity index (χ2v) is 5.65. The van der Waals surface area contributed by atoms with Crippen LogP contribution in [0.3, 0.4) is 0 Å². The maximum absolute atomic E-state index is 13.2. The van der Waals surface area contributed by atoms with Crippen LogP contribution in [0.1, 0.15) is 28.4 Å². The van der Waals surface area contributed by atoms with E-state index in [-0.39, 0.29) is 11.9 Å². The van der Waals surface area contributed by atoms with Crippen LogP contribution >= 0.6 is 0 Å². The van der Waals surface area contributed by atoms with Crippen LogP contribution in [-0.4, -0.2) is 9.78 Å². The number of halogens is 1. The highest BCUT2D eigenvalue weighted by Gasteiger charge is 2.14. The molecule has 1 aromatic heterocycles. The number of hydrogen-bond acceptors (Lipinski definition) is 2. The van der Waals surface area contributed by atoms with Crippen molar-refractivity contribution in [3.05, 3.63) is 89.0 Å². The summed E-state index contributed by atoms with van der Waals surface area (Å²) in [6.07, 6.45) is 1.88. The molecule has 0 saturated carbocycles. The fourth-order valence-electron chi connectivity index (χ4n) is 2.66. The molecule has 1 N–H and O–H groups in total. The quantitative estimate of drug-likeness (QED) is 0.778. The molecule has 0 unspecified atom stereocenters. The molecule has 4 heteroatoms. The van der Waals surface area contributed by atoms with Crippen LogP contribution in [0.4, 0.5) is 4.39 Å². The van der Waals surface area contributed by atoms with Gasteiger partial charge < -0.3 is 5.32 Å². The summed E-state index contributed by atoms with van der Waals surface area (Å²) in [6, 6.07) is 16.9. The number of hydrogen-bond donors (Lipinski definition) is 1. The summed E-state index contributed by atoms with van der Waals surface area (Å²) < 4.78 is 15.1. The Balaban J connectivity index is 1.86. The first-order valence-corrected chi connectivity index (χ1v) is 7.66. The highest BCUT2D eigenvalue weighted by atomic mass is 19.1. The molecule has 1 atom stereocenters. The van der Waals surface area contributed by atoms with Crippen molar-refractivity contribution in [1.29, 1.82) is 0 Å². The fraction of sp³-hybridized carbons (Fsp3) is 0.211. The average molecular weight is 309 g/mol. The number of benzene rings is 2. The van der Waals surface area contributed by atoms with Crippen molar-refractivity contribution in [2.75, 3.05) is 0 Å². The minimum atomic E-state index is -0.219. The van der Waals surface area contributed by atoms with E-state index in [0.29, 0.717) is 6.54 Å². The lowest BCUT2D eigenvalue weighted by molar-refractivity contribution is 0.596. The highest BCUT2D eigenvalue weighted by molar-refractivity contribution is 5.32. The molecule has 0 amide bonds. The SMILES string of the molecule is Cc1c(CN[C@H](c2ccccc2)c2ccc(F)cc2)cnn1C. The normalized spacial score (nSPS) is 12.3. The van der Waals surface area contributed by atoms with Crippen LogP contribution in [-0.2, 0) is 13.6 Å². The molecule has 1 heterocycles. The van der Waals surface area contributed by atoms with Crippen molar-refractivity contribution in [2.45, 2.75) is 19.5 Å². The molecule has 2 aromatic carbocycles. The monoisotopic (exact) mass is 309 g/mol. The van der Waals surface area contributed by atoms with Crippen molar-refractivity contribution in [2.24, 2.45) is 7.05 Å². The van der Waals surface area contributed by atoms with Crippen LogP contribution in [0.2, 0.25) is 0 Å². The van der Waals surface area contributed by atoms with Gasteiger partial charge in [0.15, 0.2) is 0 Å². The molecule has 0 saturated heterocycles. The van der Waals surface area contributed by atoms with E-state index >= 15 is 0 Å². The second-order valence-electron chi connectivity index (χ2n) is 5.65. The Kier molecular flexibility index (Phi) is 4.53. The van der Waals surface area contributed by atoms with Gasteiger partial charge in [-0.05, 0) is 30.2 Å². The fourth-order valence-corrected chi connectivity index (χ4v) is 2.66. The molecule has 0 bridgehead atoms. The molecule has 0 radical (unpaired) electrons. The third kappa shape index (κ3) is 3.48. The van der Waals surface area contributed by atoms with E-state index in [2.05, 4.69) is 29.5 Å². The summed E-state index contributed by atoms with van der Waals surface area (Å²) in [7, 11) is 1.94.